The first-order chi connectivity index (χ1) is 7.31. The van der Waals surface area contributed by atoms with Crippen LogP contribution in [0.15, 0.2) is 18.3 Å². The lowest BCUT2D eigenvalue weighted by molar-refractivity contribution is 0.481. The summed E-state index contributed by atoms with van der Waals surface area (Å²) >= 11 is 0. The van der Waals surface area contributed by atoms with E-state index >= 15 is 0 Å². The van der Waals surface area contributed by atoms with Crippen LogP contribution in [-0.4, -0.2) is 17.6 Å². The van der Waals surface area contributed by atoms with Gasteiger partial charge in [-0.05, 0) is 38.3 Å². The van der Waals surface area contributed by atoms with Gasteiger partial charge in [0.15, 0.2) is 0 Å². The fourth-order valence-electron chi connectivity index (χ4n) is 2.08. The van der Waals surface area contributed by atoms with Crippen molar-refractivity contribution in [3.8, 4) is 6.07 Å². The van der Waals surface area contributed by atoms with Crippen LogP contribution in [0.4, 0.5) is 5.82 Å². The Morgan fingerprint density at radius 1 is 1.53 bits per heavy atom. The second-order valence-electron chi connectivity index (χ2n) is 4.05. The summed E-state index contributed by atoms with van der Waals surface area (Å²) in [6.07, 6.45) is 5.46. The van der Waals surface area contributed by atoms with Gasteiger partial charge in [-0.1, -0.05) is 0 Å². The van der Waals surface area contributed by atoms with Crippen molar-refractivity contribution < 1.29 is 0 Å². The van der Waals surface area contributed by atoms with E-state index in [-0.39, 0.29) is 0 Å². The van der Waals surface area contributed by atoms with Gasteiger partial charge in [0.1, 0.15) is 5.82 Å². The first-order valence-corrected chi connectivity index (χ1v) is 5.44. The second-order valence-corrected chi connectivity index (χ2v) is 4.05. The second kappa shape index (κ2) is 4.31. The van der Waals surface area contributed by atoms with Gasteiger partial charge < -0.3 is 4.90 Å². The molecule has 1 aromatic heterocycles. The maximum atomic E-state index is 8.83. The Morgan fingerprint density at radius 3 is 3.13 bits per heavy atom. The number of aromatic nitrogens is 1. The van der Waals surface area contributed by atoms with Gasteiger partial charge in [0.05, 0.1) is 11.6 Å². The van der Waals surface area contributed by atoms with Gasteiger partial charge >= 0.3 is 0 Å². The molecular formula is C12H15N3. The zero-order valence-electron chi connectivity index (χ0n) is 8.98. The summed E-state index contributed by atoms with van der Waals surface area (Å²) < 4.78 is 0. The Kier molecular flexibility index (Phi) is 2.86. The number of hydrogen-bond acceptors (Lipinski definition) is 3. The van der Waals surface area contributed by atoms with Crippen molar-refractivity contribution in [3.05, 3.63) is 23.9 Å². The molecule has 0 amide bonds. The molecule has 1 aromatic rings. The Hall–Kier alpha value is -1.56. The minimum Gasteiger partial charge on any atom is -0.354 e. The Bertz CT molecular complexity index is 381. The number of pyridine rings is 1. The molecule has 2 heterocycles. The molecule has 3 heteroatoms. The molecule has 0 saturated carbocycles. The standard InChI is InChI=1S/C12H15N3/c1-10-4-2-3-7-15(10)12-8-11(9-13)5-6-14-12/h5-6,8,10H,2-4,7H2,1H3. The molecule has 0 aromatic carbocycles. The number of piperidine rings is 1. The first-order valence-electron chi connectivity index (χ1n) is 5.44. The zero-order valence-corrected chi connectivity index (χ0v) is 8.98. The lowest BCUT2D eigenvalue weighted by Crippen LogP contribution is -2.37. The Balaban J connectivity index is 2.24. The summed E-state index contributed by atoms with van der Waals surface area (Å²) in [4.78, 5) is 6.63. The minimum absolute atomic E-state index is 0.542. The van der Waals surface area contributed by atoms with Crippen molar-refractivity contribution in [2.75, 3.05) is 11.4 Å². The quantitative estimate of drug-likeness (QED) is 0.700. The summed E-state index contributed by atoms with van der Waals surface area (Å²) in [5, 5.41) is 8.83. The van der Waals surface area contributed by atoms with Gasteiger partial charge in [-0.25, -0.2) is 4.98 Å². The molecule has 1 fully saturated rings. The fourth-order valence-corrected chi connectivity index (χ4v) is 2.08. The van der Waals surface area contributed by atoms with Gasteiger partial charge in [0, 0.05) is 18.8 Å². The molecule has 0 radical (unpaired) electrons. The number of nitriles is 1. The fraction of sp³-hybridized carbons (Fsp3) is 0.500. The van der Waals surface area contributed by atoms with E-state index in [0.29, 0.717) is 11.6 Å². The van der Waals surface area contributed by atoms with Gasteiger partial charge in [0.2, 0.25) is 0 Å². The molecule has 1 atom stereocenters. The number of hydrogen-bond donors (Lipinski definition) is 0. The van der Waals surface area contributed by atoms with E-state index in [1.165, 1.54) is 19.3 Å². The Morgan fingerprint density at radius 2 is 2.40 bits per heavy atom. The van der Waals surface area contributed by atoms with Crippen LogP contribution in [0.1, 0.15) is 31.7 Å². The van der Waals surface area contributed by atoms with Crippen molar-refractivity contribution in [1.29, 1.82) is 5.26 Å². The van der Waals surface area contributed by atoms with Crippen molar-refractivity contribution in [1.82, 2.24) is 4.98 Å². The smallest absolute Gasteiger partial charge is 0.130 e. The van der Waals surface area contributed by atoms with Crippen LogP contribution in [-0.2, 0) is 0 Å². The van der Waals surface area contributed by atoms with Crippen molar-refractivity contribution >= 4 is 5.82 Å². The topological polar surface area (TPSA) is 39.9 Å². The molecule has 1 aliphatic heterocycles. The summed E-state index contributed by atoms with van der Waals surface area (Å²) in [5.41, 5.74) is 0.692. The van der Waals surface area contributed by atoms with Crippen LogP contribution in [0.25, 0.3) is 0 Å². The molecule has 2 rings (SSSR count). The van der Waals surface area contributed by atoms with Crippen LogP contribution < -0.4 is 4.90 Å². The van der Waals surface area contributed by atoms with E-state index in [4.69, 9.17) is 5.26 Å². The van der Waals surface area contributed by atoms with E-state index in [1.807, 2.05) is 6.07 Å². The van der Waals surface area contributed by atoms with Gasteiger partial charge in [-0.2, -0.15) is 5.26 Å². The van der Waals surface area contributed by atoms with Crippen LogP contribution in [0, 0.1) is 11.3 Å². The normalized spacial score (nSPS) is 21.1. The third kappa shape index (κ3) is 2.10. The van der Waals surface area contributed by atoms with E-state index < -0.39 is 0 Å². The van der Waals surface area contributed by atoms with E-state index in [0.717, 1.165) is 12.4 Å². The number of nitrogens with zero attached hydrogens (tertiary/aromatic N) is 3. The predicted molar refractivity (Wildman–Crippen MR) is 59.6 cm³/mol. The predicted octanol–water partition coefficient (Wildman–Crippen LogP) is 2.33. The molecule has 0 N–H and O–H groups in total. The average molecular weight is 201 g/mol. The van der Waals surface area contributed by atoms with Crippen LogP contribution in [0.5, 0.6) is 0 Å². The van der Waals surface area contributed by atoms with Crippen molar-refractivity contribution in [3.63, 3.8) is 0 Å². The molecule has 1 saturated heterocycles. The molecule has 0 aliphatic carbocycles. The average Bonchev–Trinajstić information content (AvgIpc) is 2.30. The summed E-state index contributed by atoms with van der Waals surface area (Å²) in [7, 11) is 0. The van der Waals surface area contributed by atoms with E-state index in [2.05, 4.69) is 22.9 Å². The SMILES string of the molecule is CC1CCCCN1c1cc(C#N)ccn1. The summed E-state index contributed by atoms with van der Waals surface area (Å²) in [6, 6.07) is 6.32. The monoisotopic (exact) mass is 201 g/mol. The molecule has 1 unspecified atom stereocenters. The number of rotatable bonds is 1. The summed E-state index contributed by atoms with van der Waals surface area (Å²) in [6.45, 7) is 3.28. The van der Waals surface area contributed by atoms with E-state index in [9.17, 15) is 0 Å². The molecule has 15 heavy (non-hydrogen) atoms. The molecule has 1 aliphatic rings. The maximum Gasteiger partial charge on any atom is 0.130 e. The summed E-state index contributed by atoms with van der Waals surface area (Å²) in [5.74, 6) is 0.946. The van der Waals surface area contributed by atoms with Gasteiger partial charge in [-0.3, -0.25) is 0 Å². The highest BCUT2D eigenvalue weighted by molar-refractivity contribution is 5.45. The zero-order chi connectivity index (χ0) is 10.7. The third-order valence-electron chi connectivity index (χ3n) is 2.97. The molecular weight excluding hydrogens is 186 g/mol. The van der Waals surface area contributed by atoms with Crippen molar-refractivity contribution in [2.24, 2.45) is 0 Å². The first kappa shape index (κ1) is 9.97. The molecule has 3 nitrogen and oxygen atoms in total. The van der Waals surface area contributed by atoms with Gasteiger partial charge in [0.25, 0.3) is 0 Å². The maximum absolute atomic E-state index is 8.83. The largest absolute Gasteiger partial charge is 0.354 e. The highest BCUT2D eigenvalue weighted by atomic mass is 15.2. The van der Waals surface area contributed by atoms with Gasteiger partial charge in [-0.15, -0.1) is 0 Å². The van der Waals surface area contributed by atoms with Crippen LogP contribution >= 0.6 is 0 Å². The highest BCUT2D eigenvalue weighted by Crippen LogP contribution is 2.22. The lowest BCUT2D eigenvalue weighted by atomic mass is 10.0. The lowest BCUT2D eigenvalue weighted by Gasteiger charge is -2.34. The minimum atomic E-state index is 0.542. The molecule has 0 bridgehead atoms. The van der Waals surface area contributed by atoms with E-state index in [1.54, 1.807) is 12.3 Å². The number of anilines is 1. The molecule has 0 spiro atoms. The third-order valence-corrected chi connectivity index (χ3v) is 2.97. The Labute approximate surface area is 90.4 Å². The van der Waals surface area contributed by atoms with Crippen LogP contribution in [0.3, 0.4) is 0 Å². The van der Waals surface area contributed by atoms with Crippen molar-refractivity contribution in [2.45, 2.75) is 32.2 Å². The molecule has 78 valence electrons. The highest BCUT2D eigenvalue weighted by Gasteiger charge is 2.19. The van der Waals surface area contributed by atoms with Crippen LogP contribution in [0.2, 0.25) is 0 Å².